The lowest BCUT2D eigenvalue weighted by Gasteiger charge is -2.32. The van der Waals surface area contributed by atoms with Gasteiger partial charge in [-0.15, -0.1) is 0 Å². The van der Waals surface area contributed by atoms with Gasteiger partial charge in [-0.1, -0.05) is 60.7 Å². The van der Waals surface area contributed by atoms with E-state index in [-0.39, 0.29) is 0 Å². The van der Waals surface area contributed by atoms with Crippen molar-refractivity contribution in [1.29, 1.82) is 0 Å². The number of rotatable bonds is 4. The van der Waals surface area contributed by atoms with Crippen LogP contribution in [0, 0.1) is 0 Å². The molecule has 0 saturated heterocycles. The molecular weight excluding hydrogens is 320 g/mol. The smallest absolute Gasteiger partial charge is 0.173 e. The fourth-order valence-electron chi connectivity index (χ4n) is 4.24. The zero-order chi connectivity index (χ0) is 18.1. The summed E-state index contributed by atoms with van der Waals surface area (Å²) in [5.74, 6) is 0.807. The zero-order valence-corrected chi connectivity index (χ0v) is 15.3. The SMILES string of the molecule is COC1(c2ccco2)C(C)=C(c2ccccc2)C(C)=C1c1ccccc1. The van der Waals surface area contributed by atoms with E-state index in [1.54, 1.807) is 13.4 Å². The molecule has 130 valence electrons. The molecule has 1 unspecified atom stereocenters. The summed E-state index contributed by atoms with van der Waals surface area (Å²) < 4.78 is 12.1. The fraction of sp³-hybridized carbons (Fsp3) is 0.167. The van der Waals surface area contributed by atoms with Crippen LogP contribution in [0.3, 0.4) is 0 Å². The fourth-order valence-corrected chi connectivity index (χ4v) is 4.24. The van der Waals surface area contributed by atoms with Crippen LogP contribution in [-0.2, 0) is 10.3 Å². The quantitative estimate of drug-likeness (QED) is 0.573. The second-order valence-corrected chi connectivity index (χ2v) is 6.59. The molecule has 3 aromatic rings. The van der Waals surface area contributed by atoms with E-state index in [1.807, 2.05) is 24.3 Å². The van der Waals surface area contributed by atoms with Crippen molar-refractivity contribution in [3.8, 4) is 0 Å². The van der Waals surface area contributed by atoms with Crippen LogP contribution in [0.5, 0.6) is 0 Å². The van der Waals surface area contributed by atoms with Crippen molar-refractivity contribution >= 4 is 11.1 Å². The third kappa shape index (κ3) is 2.30. The Kier molecular flexibility index (Phi) is 4.14. The van der Waals surface area contributed by atoms with Crippen LogP contribution >= 0.6 is 0 Å². The first-order valence-corrected chi connectivity index (χ1v) is 8.83. The minimum absolute atomic E-state index is 0.722. The predicted octanol–water partition coefficient (Wildman–Crippen LogP) is 6.08. The second kappa shape index (κ2) is 6.47. The maximum absolute atomic E-state index is 6.24. The summed E-state index contributed by atoms with van der Waals surface area (Å²) in [5.41, 5.74) is 6.36. The summed E-state index contributed by atoms with van der Waals surface area (Å²) in [7, 11) is 1.76. The van der Waals surface area contributed by atoms with Gasteiger partial charge in [0.15, 0.2) is 5.60 Å². The van der Waals surface area contributed by atoms with Crippen LogP contribution < -0.4 is 0 Å². The maximum atomic E-state index is 6.24. The lowest BCUT2D eigenvalue weighted by molar-refractivity contribution is 0.0539. The van der Waals surface area contributed by atoms with E-state index in [4.69, 9.17) is 9.15 Å². The molecule has 2 nitrogen and oxygen atoms in total. The monoisotopic (exact) mass is 342 g/mol. The summed E-state index contributed by atoms with van der Waals surface area (Å²) in [6, 6.07) is 24.8. The van der Waals surface area contributed by atoms with Gasteiger partial charge in [0.2, 0.25) is 0 Å². The van der Waals surface area contributed by atoms with Gasteiger partial charge in [-0.25, -0.2) is 0 Å². The first-order chi connectivity index (χ1) is 12.7. The molecule has 0 fully saturated rings. The highest BCUT2D eigenvalue weighted by Crippen LogP contribution is 2.56. The number of benzene rings is 2. The molecule has 0 spiro atoms. The van der Waals surface area contributed by atoms with Crippen molar-refractivity contribution in [2.75, 3.05) is 7.11 Å². The van der Waals surface area contributed by atoms with Crippen LogP contribution in [0.25, 0.3) is 11.1 Å². The average molecular weight is 342 g/mol. The first-order valence-electron chi connectivity index (χ1n) is 8.83. The molecule has 0 radical (unpaired) electrons. The minimum Gasteiger partial charge on any atom is -0.466 e. The van der Waals surface area contributed by atoms with Gasteiger partial charge >= 0.3 is 0 Å². The van der Waals surface area contributed by atoms with Crippen LogP contribution in [0.4, 0.5) is 0 Å². The molecular formula is C24H22O2. The van der Waals surface area contributed by atoms with E-state index in [1.165, 1.54) is 16.7 Å². The van der Waals surface area contributed by atoms with Gasteiger partial charge in [-0.3, -0.25) is 0 Å². The van der Waals surface area contributed by atoms with E-state index in [2.05, 4.69) is 62.4 Å². The molecule has 0 saturated carbocycles. The third-order valence-corrected chi connectivity index (χ3v) is 5.30. The molecule has 0 amide bonds. The highest BCUT2D eigenvalue weighted by molar-refractivity contribution is 6.00. The van der Waals surface area contributed by atoms with E-state index in [0.717, 1.165) is 22.5 Å². The van der Waals surface area contributed by atoms with Crippen molar-refractivity contribution < 1.29 is 9.15 Å². The molecule has 2 heteroatoms. The maximum Gasteiger partial charge on any atom is 0.173 e. The molecule has 0 N–H and O–H groups in total. The zero-order valence-electron chi connectivity index (χ0n) is 15.3. The van der Waals surface area contributed by atoms with Crippen LogP contribution in [-0.4, -0.2) is 7.11 Å². The Labute approximate surface area is 154 Å². The topological polar surface area (TPSA) is 22.4 Å². The Morgan fingerprint density at radius 2 is 1.38 bits per heavy atom. The Bertz CT molecular complexity index is 964. The number of methoxy groups -OCH3 is 1. The van der Waals surface area contributed by atoms with Gasteiger partial charge in [-0.2, -0.15) is 0 Å². The largest absolute Gasteiger partial charge is 0.466 e. The Hall–Kier alpha value is -2.84. The number of hydrogen-bond donors (Lipinski definition) is 0. The highest BCUT2D eigenvalue weighted by atomic mass is 16.5. The van der Waals surface area contributed by atoms with Crippen molar-refractivity contribution in [2.24, 2.45) is 0 Å². The number of furan rings is 1. The van der Waals surface area contributed by atoms with Crippen molar-refractivity contribution in [1.82, 2.24) is 0 Å². The van der Waals surface area contributed by atoms with Gasteiger partial charge in [0.05, 0.1) is 6.26 Å². The third-order valence-electron chi connectivity index (χ3n) is 5.30. The molecule has 1 aliphatic carbocycles. The van der Waals surface area contributed by atoms with Crippen molar-refractivity contribution in [3.63, 3.8) is 0 Å². The van der Waals surface area contributed by atoms with Gasteiger partial charge in [-0.05, 0) is 53.8 Å². The van der Waals surface area contributed by atoms with Gasteiger partial charge < -0.3 is 9.15 Å². The van der Waals surface area contributed by atoms with E-state index >= 15 is 0 Å². The molecule has 1 atom stereocenters. The molecule has 0 aliphatic heterocycles. The normalized spacial score (nSPS) is 20.1. The summed E-state index contributed by atoms with van der Waals surface area (Å²) in [5, 5.41) is 0. The number of hydrogen-bond acceptors (Lipinski definition) is 2. The second-order valence-electron chi connectivity index (χ2n) is 6.59. The number of ether oxygens (including phenoxy) is 1. The molecule has 1 aromatic heterocycles. The summed E-state index contributed by atoms with van der Waals surface area (Å²) in [4.78, 5) is 0. The predicted molar refractivity (Wildman–Crippen MR) is 105 cm³/mol. The Balaban J connectivity index is 2.06. The average Bonchev–Trinajstić information content (AvgIpc) is 3.29. The minimum atomic E-state index is -0.722. The molecule has 2 aromatic carbocycles. The van der Waals surface area contributed by atoms with E-state index in [0.29, 0.717) is 0 Å². The van der Waals surface area contributed by atoms with Gasteiger partial charge in [0, 0.05) is 12.7 Å². The summed E-state index contributed by atoms with van der Waals surface area (Å²) in [6.07, 6.45) is 1.71. The lowest BCUT2D eigenvalue weighted by Crippen LogP contribution is -2.29. The molecule has 26 heavy (non-hydrogen) atoms. The van der Waals surface area contributed by atoms with Crippen LogP contribution in [0.1, 0.15) is 30.7 Å². The van der Waals surface area contributed by atoms with Gasteiger partial charge in [0.1, 0.15) is 5.76 Å². The lowest BCUT2D eigenvalue weighted by atomic mass is 9.83. The highest BCUT2D eigenvalue weighted by Gasteiger charge is 2.48. The van der Waals surface area contributed by atoms with Crippen molar-refractivity contribution in [3.05, 3.63) is 107 Å². The molecule has 0 bridgehead atoms. The number of allylic oxidation sites excluding steroid dienone is 2. The van der Waals surface area contributed by atoms with Crippen LogP contribution in [0.2, 0.25) is 0 Å². The summed E-state index contributed by atoms with van der Waals surface area (Å²) in [6.45, 7) is 4.33. The molecule has 1 heterocycles. The van der Waals surface area contributed by atoms with Crippen molar-refractivity contribution in [2.45, 2.75) is 19.4 Å². The Morgan fingerprint density at radius 3 is 1.92 bits per heavy atom. The van der Waals surface area contributed by atoms with E-state index < -0.39 is 5.60 Å². The molecule has 4 rings (SSSR count). The summed E-state index contributed by atoms with van der Waals surface area (Å²) >= 11 is 0. The molecule has 1 aliphatic rings. The first kappa shape index (κ1) is 16.6. The van der Waals surface area contributed by atoms with E-state index in [9.17, 15) is 0 Å². The van der Waals surface area contributed by atoms with Crippen LogP contribution in [0.15, 0.2) is 94.6 Å². The Morgan fingerprint density at radius 1 is 0.769 bits per heavy atom. The van der Waals surface area contributed by atoms with Gasteiger partial charge in [0.25, 0.3) is 0 Å². The standard InChI is InChI=1S/C24H22O2/c1-17-22(19-11-6-4-7-12-19)18(2)24(25-3,21-15-10-16-26-21)23(17)20-13-8-5-9-14-20/h4-16H,1-3H3.